The molecular weight excluding hydrogens is 254 g/mol. The number of carbonyl (C=O) groups excluding carboxylic acids is 1. The van der Waals surface area contributed by atoms with Crippen molar-refractivity contribution in [3.05, 3.63) is 0 Å². The highest BCUT2D eigenvalue weighted by Crippen LogP contribution is 2.12. The van der Waals surface area contributed by atoms with Gasteiger partial charge in [0, 0.05) is 13.1 Å². The molecule has 1 heterocycles. The van der Waals surface area contributed by atoms with Gasteiger partial charge in [0.05, 0.1) is 13.0 Å². The number of alkyl halides is 2. The van der Waals surface area contributed by atoms with Crippen molar-refractivity contribution in [2.24, 2.45) is 5.92 Å². The van der Waals surface area contributed by atoms with E-state index in [0.717, 1.165) is 32.5 Å². The number of nitrogens with one attached hydrogen (secondary N) is 1. The van der Waals surface area contributed by atoms with Crippen LogP contribution < -0.4 is 5.32 Å². The maximum Gasteiger partial charge on any atom is 0.261 e. The molecule has 0 spiro atoms. The van der Waals surface area contributed by atoms with Crippen LogP contribution in [0.1, 0.15) is 26.2 Å². The smallest absolute Gasteiger partial charge is 0.261 e. The Labute approximate surface area is 113 Å². The zero-order chi connectivity index (χ0) is 14.1. The lowest BCUT2D eigenvalue weighted by Gasteiger charge is -2.29. The number of rotatable bonds is 8. The summed E-state index contributed by atoms with van der Waals surface area (Å²) in [5.41, 5.74) is 0. The number of ether oxygens (including phenoxy) is 1. The Bertz CT molecular complexity index is 259. The second-order valence-corrected chi connectivity index (χ2v) is 4.86. The van der Waals surface area contributed by atoms with Gasteiger partial charge in [0.2, 0.25) is 5.91 Å². The van der Waals surface area contributed by atoms with Gasteiger partial charge < -0.3 is 15.0 Å². The van der Waals surface area contributed by atoms with E-state index in [1.54, 1.807) is 4.90 Å². The topological polar surface area (TPSA) is 41.6 Å². The maximum atomic E-state index is 11.9. The van der Waals surface area contributed by atoms with E-state index in [1.165, 1.54) is 0 Å². The first kappa shape index (κ1) is 16.3. The minimum Gasteiger partial charge on any atom is -0.375 e. The average molecular weight is 278 g/mol. The molecule has 0 radical (unpaired) electrons. The number of piperidine rings is 1. The summed E-state index contributed by atoms with van der Waals surface area (Å²) in [6.07, 6.45) is -0.00139. The molecular formula is C13H24F2N2O2. The van der Waals surface area contributed by atoms with E-state index in [1.807, 2.05) is 6.92 Å². The number of hydrogen-bond acceptors (Lipinski definition) is 3. The largest absolute Gasteiger partial charge is 0.375 e. The van der Waals surface area contributed by atoms with E-state index in [0.29, 0.717) is 12.5 Å². The van der Waals surface area contributed by atoms with Crippen LogP contribution in [0.5, 0.6) is 0 Å². The van der Waals surface area contributed by atoms with E-state index in [9.17, 15) is 13.6 Å². The normalized spacial score (nSPS) is 19.7. The zero-order valence-electron chi connectivity index (χ0n) is 11.5. The van der Waals surface area contributed by atoms with Gasteiger partial charge in [-0.3, -0.25) is 4.79 Å². The Morgan fingerprint density at radius 3 is 2.89 bits per heavy atom. The molecule has 1 fully saturated rings. The number of carbonyl (C=O) groups is 1. The fourth-order valence-electron chi connectivity index (χ4n) is 2.29. The van der Waals surface area contributed by atoms with Crippen molar-refractivity contribution in [3.8, 4) is 0 Å². The first-order valence-corrected chi connectivity index (χ1v) is 6.97. The van der Waals surface area contributed by atoms with E-state index >= 15 is 0 Å². The Kier molecular flexibility index (Phi) is 7.90. The Balaban J connectivity index is 2.22. The molecule has 112 valence electrons. The van der Waals surface area contributed by atoms with Crippen molar-refractivity contribution in [3.63, 3.8) is 0 Å². The van der Waals surface area contributed by atoms with Gasteiger partial charge in [0.25, 0.3) is 6.43 Å². The molecule has 19 heavy (non-hydrogen) atoms. The molecule has 0 bridgehead atoms. The third kappa shape index (κ3) is 6.82. The predicted molar refractivity (Wildman–Crippen MR) is 69.3 cm³/mol. The Morgan fingerprint density at radius 2 is 2.32 bits per heavy atom. The molecule has 1 aliphatic heterocycles. The molecule has 1 N–H and O–H groups in total. The van der Waals surface area contributed by atoms with Crippen LogP contribution in [0.4, 0.5) is 8.78 Å². The average Bonchev–Trinajstić information content (AvgIpc) is 2.41. The van der Waals surface area contributed by atoms with Gasteiger partial charge in [-0.2, -0.15) is 0 Å². The minimum atomic E-state index is -2.47. The van der Waals surface area contributed by atoms with Gasteiger partial charge >= 0.3 is 0 Å². The van der Waals surface area contributed by atoms with Gasteiger partial charge in [0.1, 0.15) is 6.61 Å². The highest BCUT2D eigenvalue weighted by Gasteiger charge is 2.19. The molecule has 1 amide bonds. The molecule has 1 saturated heterocycles. The van der Waals surface area contributed by atoms with Crippen LogP contribution in [0.2, 0.25) is 0 Å². The molecule has 1 rings (SSSR count). The van der Waals surface area contributed by atoms with E-state index in [4.69, 9.17) is 4.74 Å². The van der Waals surface area contributed by atoms with Crippen LogP contribution >= 0.6 is 0 Å². The van der Waals surface area contributed by atoms with Gasteiger partial charge in [0.15, 0.2) is 0 Å². The molecule has 6 heteroatoms. The molecule has 1 aliphatic rings. The summed E-state index contributed by atoms with van der Waals surface area (Å²) in [6.45, 7) is 4.83. The number of nitrogens with zero attached hydrogens (tertiary/aromatic N) is 1. The molecule has 0 aliphatic carbocycles. The molecule has 1 unspecified atom stereocenters. The molecule has 0 aromatic rings. The van der Waals surface area contributed by atoms with Crippen molar-refractivity contribution in [2.45, 2.75) is 32.6 Å². The Morgan fingerprint density at radius 1 is 1.53 bits per heavy atom. The molecule has 4 nitrogen and oxygen atoms in total. The second-order valence-electron chi connectivity index (χ2n) is 4.86. The van der Waals surface area contributed by atoms with Crippen molar-refractivity contribution in [2.75, 3.05) is 39.4 Å². The van der Waals surface area contributed by atoms with Gasteiger partial charge in [-0.1, -0.05) is 0 Å². The quantitative estimate of drug-likeness (QED) is 0.684. The van der Waals surface area contributed by atoms with Gasteiger partial charge in [-0.15, -0.1) is 0 Å². The van der Waals surface area contributed by atoms with Gasteiger partial charge in [-0.25, -0.2) is 8.78 Å². The summed E-state index contributed by atoms with van der Waals surface area (Å²) in [5, 5.41) is 3.32. The van der Waals surface area contributed by atoms with Crippen LogP contribution in [0.3, 0.4) is 0 Å². The number of amides is 1. The van der Waals surface area contributed by atoms with Crippen molar-refractivity contribution >= 4 is 5.91 Å². The molecule has 0 aromatic carbocycles. The van der Waals surface area contributed by atoms with Crippen molar-refractivity contribution < 1.29 is 18.3 Å². The SMILES string of the molecule is CCN(CC1CCCNC1)C(=O)CCOCC(F)F. The first-order valence-electron chi connectivity index (χ1n) is 6.97. The Hall–Kier alpha value is -0.750. The number of hydrogen-bond donors (Lipinski definition) is 1. The zero-order valence-corrected chi connectivity index (χ0v) is 11.5. The lowest BCUT2D eigenvalue weighted by molar-refractivity contribution is -0.133. The summed E-state index contributed by atoms with van der Waals surface area (Å²) in [7, 11) is 0. The molecule has 0 saturated carbocycles. The lowest BCUT2D eigenvalue weighted by atomic mass is 9.99. The monoisotopic (exact) mass is 278 g/mol. The third-order valence-electron chi connectivity index (χ3n) is 3.32. The predicted octanol–water partition coefficient (Wildman–Crippen LogP) is 1.51. The van der Waals surface area contributed by atoms with E-state index in [2.05, 4.69) is 5.32 Å². The summed E-state index contributed by atoms with van der Waals surface area (Å²) in [4.78, 5) is 13.7. The van der Waals surface area contributed by atoms with E-state index < -0.39 is 13.0 Å². The highest BCUT2D eigenvalue weighted by atomic mass is 19.3. The third-order valence-corrected chi connectivity index (χ3v) is 3.32. The summed E-state index contributed by atoms with van der Waals surface area (Å²) < 4.78 is 28.5. The van der Waals surface area contributed by atoms with Crippen LogP contribution in [0.15, 0.2) is 0 Å². The van der Waals surface area contributed by atoms with Crippen molar-refractivity contribution in [1.82, 2.24) is 10.2 Å². The standard InChI is InChI=1S/C13H24F2N2O2/c1-2-17(9-11-4-3-6-16-8-11)13(18)5-7-19-10-12(14)15/h11-12,16H,2-10H2,1H3. The lowest BCUT2D eigenvalue weighted by Crippen LogP contribution is -2.41. The second kappa shape index (κ2) is 9.20. The van der Waals surface area contributed by atoms with E-state index in [-0.39, 0.29) is 18.9 Å². The molecule has 0 aromatic heterocycles. The fraction of sp³-hybridized carbons (Fsp3) is 0.923. The van der Waals surface area contributed by atoms with Crippen LogP contribution in [-0.2, 0) is 9.53 Å². The highest BCUT2D eigenvalue weighted by molar-refractivity contribution is 5.76. The minimum absolute atomic E-state index is 0.0117. The summed E-state index contributed by atoms with van der Waals surface area (Å²) in [6, 6.07) is 0. The maximum absolute atomic E-state index is 11.9. The van der Waals surface area contributed by atoms with Crippen LogP contribution in [0, 0.1) is 5.92 Å². The van der Waals surface area contributed by atoms with Crippen molar-refractivity contribution in [1.29, 1.82) is 0 Å². The van der Waals surface area contributed by atoms with Crippen LogP contribution in [0.25, 0.3) is 0 Å². The number of halogens is 2. The summed E-state index contributed by atoms with van der Waals surface area (Å²) >= 11 is 0. The first-order chi connectivity index (χ1) is 9.13. The molecule has 1 atom stereocenters. The summed E-state index contributed by atoms with van der Waals surface area (Å²) in [5.74, 6) is 0.488. The van der Waals surface area contributed by atoms with Crippen LogP contribution in [-0.4, -0.2) is 56.6 Å². The van der Waals surface area contributed by atoms with Gasteiger partial charge in [-0.05, 0) is 38.8 Å². The fourth-order valence-corrected chi connectivity index (χ4v) is 2.29.